The average Bonchev–Trinajstić information content (AvgIpc) is 0.782. The Morgan fingerprint density at radius 1 is 0.840 bits per heavy atom. The molecule has 16 atom stereocenters. The Morgan fingerprint density at radius 2 is 1.74 bits per heavy atom. The number of ether oxygens (including phenoxy) is 4. The summed E-state index contributed by atoms with van der Waals surface area (Å²) in [5.41, 5.74) is 21.7. The predicted octanol–water partition coefficient (Wildman–Crippen LogP) is 11.0. The Hall–Kier alpha value is -7.85. The van der Waals surface area contributed by atoms with Gasteiger partial charge < -0.3 is 70.5 Å². The van der Waals surface area contributed by atoms with Crippen LogP contribution in [0, 0.1) is 65.1 Å². The van der Waals surface area contributed by atoms with E-state index in [0.29, 0.717) is 80.8 Å². The lowest BCUT2D eigenvalue weighted by Gasteiger charge is -2.69. The maximum atomic E-state index is 13.0. The third-order valence-electron chi connectivity index (χ3n) is 26.2. The molecule has 16 heteroatoms. The van der Waals surface area contributed by atoms with Crippen LogP contribution >= 0.6 is 0 Å². The molecule has 8 aliphatic heterocycles. The number of nitrogens with two attached hydrogens (primary N) is 1. The summed E-state index contributed by atoms with van der Waals surface area (Å²) < 4.78 is 31.8. The third kappa shape index (κ3) is 10.8. The van der Waals surface area contributed by atoms with Crippen molar-refractivity contribution in [3.05, 3.63) is 187 Å². The number of aliphatic hydroxyl groups excluding tert-OH is 3. The summed E-state index contributed by atoms with van der Waals surface area (Å²) in [5.74, 6) is 10.8. The number of phenols is 3. The van der Waals surface area contributed by atoms with E-state index in [1.54, 1.807) is 36.9 Å². The summed E-state index contributed by atoms with van der Waals surface area (Å²) in [6, 6.07) is 27.0. The van der Waals surface area contributed by atoms with E-state index in [1.807, 2.05) is 24.3 Å². The normalized spacial score (nSPS) is 33.0. The summed E-state index contributed by atoms with van der Waals surface area (Å²) in [5, 5.41) is 82.3. The van der Waals surface area contributed by atoms with Gasteiger partial charge in [0.25, 0.3) is 0 Å². The molecule has 100 heavy (non-hydrogen) atoms. The minimum Gasteiger partial charge on any atom is -0.508 e. The van der Waals surface area contributed by atoms with Gasteiger partial charge in [0.1, 0.15) is 42.4 Å². The second-order valence-electron chi connectivity index (χ2n) is 31.6. The van der Waals surface area contributed by atoms with Crippen LogP contribution in [0.2, 0.25) is 0 Å². The average molecular weight is 1350 g/mol. The van der Waals surface area contributed by atoms with E-state index in [1.165, 1.54) is 48.8 Å². The van der Waals surface area contributed by atoms with Gasteiger partial charge in [-0.25, -0.2) is 0 Å². The van der Waals surface area contributed by atoms with Gasteiger partial charge in [-0.15, -0.1) is 0 Å². The van der Waals surface area contributed by atoms with E-state index in [9.17, 15) is 30.6 Å². The highest BCUT2D eigenvalue weighted by atomic mass is 16.5. The van der Waals surface area contributed by atoms with Gasteiger partial charge in [-0.2, -0.15) is 0 Å². The van der Waals surface area contributed by atoms with E-state index in [0.717, 1.165) is 124 Å². The van der Waals surface area contributed by atoms with Gasteiger partial charge in [0.05, 0.1) is 37.6 Å². The van der Waals surface area contributed by atoms with Crippen molar-refractivity contribution in [1.82, 2.24) is 20.5 Å². The molecule has 5 fully saturated rings. The van der Waals surface area contributed by atoms with Crippen molar-refractivity contribution in [2.24, 2.45) is 64.0 Å². The van der Waals surface area contributed by atoms with Crippen molar-refractivity contribution >= 4 is 28.6 Å². The summed E-state index contributed by atoms with van der Waals surface area (Å²) in [6.07, 6.45) is 24.0. The van der Waals surface area contributed by atoms with Crippen LogP contribution in [0.3, 0.4) is 0 Å². The Balaban J connectivity index is 0.863. The summed E-state index contributed by atoms with van der Waals surface area (Å²) in [7, 11) is 1.69. The Morgan fingerprint density at radius 3 is 2.62 bits per heavy atom. The first-order valence-corrected chi connectivity index (χ1v) is 37.4. The molecule has 0 radical (unpaired) electrons. The number of fused-ring (bicyclic) bond motifs is 7. The maximum absolute atomic E-state index is 13.0. The molecule has 0 amide bonds. The van der Waals surface area contributed by atoms with Crippen LogP contribution in [0.15, 0.2) is 131 Å². The number of benzene rings is 5. The number of aryl methyl sites for hydroxylation is 2. The van der Waals surface area contributed by atoms with E-state index in [2.05, 4.69) is 98.3 Å². The number of aromatic nitrogens is 1. The molecular formula is C84H94N6O10. The number of nitrogens with zero attached hydrogens (tertiary/aromatic N) is 2. The molecule has 20 rings (SSSR count). The van der Waals surface area contributed by atoms with Gasteiger partial charge in [-0.3, -0.25) is 10.3 Å². The van der Waals surface area contributed by atoms with Gasteiger partial charge in [0.2, 0.25) is 0 Å². The second kappa shape index (κ2) is 25.6. The highest BCUT2D eigenvalue weighted by Gasteiger charge is 2.69. The number of hydrogen-bond donors (Lipinski definition) is 10. The second-order valence-corrected chi connectivity index (χ2v) is 31.6. The van der Waals surface area contributed by atoms with Crippen LogP contribution < -0.4 is 26.4 Å². The zero-order valence-electron chi connectivity index (χ0n) is 57.2. The number of aromatic hydroxyl groups is 3. The molecule has 11 N–H and O–H groups in total. The fourth-order valence-electron chi connectivity index (χ4n) is 21.7. The van der Waals surface area contributed by atoms with Crippen LogP contribution in [0.1, 0.15) is 145 Å². The summed E-state index contributed by atoms with van der Waals surface area (Å²) in [4.78, 5) is 4.38. The quantitative estimate of drug-likeness (QED) is 0.0266. The standard InChI is InChI=1S/C84H94N6O10/c1-86-82(85)87-38-57-30-52-16-13-46(11-12-47-15-24-70(94)55(26-47)27-48-6-4-10-64(93)29-48)14-22-65-68-35-56-28-49(41-91)43-98-81(56)89-79(68)88-80-74(65)76(57)100-73(52)37-71(95)51-19-23-66-67(34-51)59(42-92)36-72(96)77(66)97-44-60-33-63(32-58-39-90(80)40-69(58)60)84-62-21-17-50-7-5-8-53(75(50)84)31-54-18-20-61-9-2-3-25-83(61,78(54)84)99-45-62/h4-8,10,15,19,23-24,26,29-30,32-33,36,39-40,46,49,51-52,54,56,61-62,71,73,76,78-79,81,88-89,91-96H,2-3,9,11-13,16-18,20-21,25,27-28,31,34-35,37-38,41-45H2,1H3,(H3,85,86,87). The van der Waals surface area contributed by atoms with Crippen LogP contribution in [0.4, 0.5) is 0 Å². The lowest BCUT2D eigenvalue weighted by molar-refractivity contribution is -0.247. The molecule has 2 saturated carbocycles. The topological polar surface area (TPSA) is 238 Å². The summed E-state index contributed by atoms with van der Waals surface area (Å²) in [6.45, 7) is 1.40. The van der Waals surface area contributed by atoms with Gasteiger partial charge >= 0.3 is 0 Å². The van der Waals surface area contributed by atoms with Crippen LogP contribution in [0.5, 0.6) is 23.0 Å². The van der Waals surface area contributed by atoms with Crippen LogP contribution in [0.25, 0.3) is 22.7 Å². The Kier molecular flexibility index (Phi) is 16.4. The predicted molar refractivity (Wildman–Crippen MR) is 384 cm³/mol. The van der Waals surface area contributed by atoms with Crippen LogP contribution in [-0.2, 0) is 64.9 Å². The molecule has 16 unspecified atom stereocenters. The van der Waals surface area contributed by atoms with E-state index in [4.69, 9.17) is 24.7 Å². The minimum atomic E-state index is -0.872. The van der Waals surface area contributed by atoms with Crippen molar-refractivity contribution in [1.29, 1.82) is 0 Å². The maximum Gasteiger partial charge on any atom is 0.188 e. The molecule has 520 valence electrons. The number of rotatable bonds is 10. The van der Waals surface area contributed by atoms with E-state index >= 15 is 0 Å². The lowest BCUT2D eigenvalue weighted by Crippen LogP contribution is -2.70. The zero-order valence-corrected chi connectivity index (χ0v) is 57.2. The number of hydrogen-bond acceptors (Lipinski definition) is 13. The smallest absolute Gasteiger partial charge is 0.188 e. The number of aliphatic hydroxyl groups is 3. The molecule has 14 aliphatic rings. The molecule has 1 aromatic heterocycles. The molecule has 1 spiro atoms. The van der Waals surface area contributed by atoms with Gasteiger partial charge in [0, 0.05) is 114 Å². The third-order valence-corrected chi connectivity index (χ3v) is 26.2. The fraction of sp³-hybridized carbons (Fsp3) is 0.488. The van der Waals surface area contributed by atoms with Crippen molar-refractivity contribution in [3.8, 4) is 34.8 Å². The molecular weight excluding hydrogens is 1250 g/mol. The SMILES string of the molecule is CN=C(N)NCC1=CC2CCC(CCc3ccc(O)c(Cc4cccc(O)c4)c3)C#CC3=C4CC5CC(CO)COC5NC4NC4=C3C1OC2CC(O)C1C=Cc2c(c(CO)cc(O)c2OCc2cc(C35c6c7cccc6CC6CCC8CCCCC8(OCC3CC7)C65)cc3cn4cc23)C1. The number of aliphatic imine (C=N–C) groups is 1. The number of nitrogens with one attached hydrogen (secondary N) is 3. The number of piperidine rings is 1. The monoisotopic (exact) mass is 1350 g/mol. The van der Waals surface area contributed by atoms with Crippen molar-refractivity contribution < 1.29 is 49.6 Å². The molecule has 16 nitrogen and oxygen atoms in total. The van der Waals surface area contributed by atoms with Crippen LogP contribution in [-0.4, -0.2) is 111 Å². The van der Waals surface area contributed by atoms with Crippen molar-refractivity contribution in [3.63, 3.8) is 0 Å². The first-order valence-electron chi connectivity index (χ1n) is 37.4. The number of guanidine groups is 1. The van der Waals surface area contributed by atoms with Gasteiger partial charge in [-0.1, -0.05) is 91.4 Å². The Labute approximate surface area is 585 Å². The first-order chi connectivity index (χ1) is 48.8. The molecule has 9 heterocycles. The van der Waals surface area contributed by atoms with Crippen molar-refractivity contribution in [2.45, 2.75) is 171 Å². The van der Waals surface area contributed by atoms with Gasteiger partial charge in [0.15, 0.2) is 17.5 Å². The van der Waals surface area contributed by atoms with Crippen molar-refractivity contribution in [2.75, 3.05) is 33.4 Å². The van der Waals surface area contributed by atoms with E-state index < -0.39 is 24.5 Å². The molecule has 6 aliphatic carbocycles. The number of phenolic OH excluding ortho intramolecular Hbond substituents is 3. The fourth-order valence-corrected chi connectivity index (χ4v) is 21.7. The highest BCUT2D eigenvalue weighted by Crippen LogP contribution is 2.69. The zero-order chi connectivity index (χ0) is 67.7. The molecule has 6 aromatic rings. The van der Waals surface area contributed by atoms with Gasteiger partial charge in [-0.05, 0) is 205 Å². The minimum absolute atomic E-state index is 0.00588. The molecule has 10 bridgehead atoms. The summed E-state index contributed by atoms with van der Waals surface area (Å²) >= 11 is 0. The highest BCUT2D eigenvalue weighted by molar-refractivity contribution is 5.89. The largest absolute Gasteiger partial charge is 0.508 e. The van der Waals surface area contributed by atoms with E-state index in [-0.39, 0.29) is 95.7 Å². The molecule has 5 aromatic carbocycles. The Bertz CT molecular complexity index is 4500. The number of dihydropyridines is 1. The molecule has 3 saturated heterocycles. The lowest BCUT2D eigenvalue weighted by atomic mass is 9.39. The first kappa shape index (κ1) is 64.3.